The first-order valence-electron chi connectivity index (χ1n) is 5.29. The number of aliphatic carboxylic acids is 1. The Hall–Kier alpha value is 1.06. The van der Waals surface area contributed by atoms with E-state index in [1.165, 1.54) is 4.90 Å². The quantitative estimate of drug-likeness (QED) is 0.241. The van der Waals surface area contributed by atoms with Crippen LogP contribution in [0.2, 0.25) is 0 Å². The number of hydrogen-bond donors (Lipinski definition) is 1. The van der Waals surface area contributed by atoms with Crippen molar-refractivity contribution in [2.45, 2.75) is 31.4 Å². The zero-order valence-corrected chi connectivity index (χ0v) is 16.8. The number of amides is 1. The number of halogens is 2. The summed E-state index contributed by atoms with van der Waals surface area (Å²) in [6.45, 7) is 3.76. The third-order valence-corrected chi connectivity index (χ3v) is 7.25. The van der Waals surface area contributed by atoms with E-state index in [1.54, 1.807) is 24.3 Å². The minimum absolute atomic E-state index is 0.0118. The monoisotopic (exact) mass is 531 g/mol. The van der Waals surface area contributed by atoms with Crippen LogP contribution in [0.25, 0.3) is 0 Å². The smallest absolute Gasteiger partial charge is 0.327 e. The first kappa shape index (κ1) is 18.1. The molecule has 1 N–H and O–H groups in total. The largest absolute Gasteiger partial charge is 0.617 e. The highest BCUT2D eigenvalue weighted by atomic mass is 127. The molecule has 0 bridgehead atoms. The predicted octanol–water partition coefficient (Wildman–Crippen LogP) is 1.69. The average Bonchev–Trinajstić information content (AvgIpc) is 2.47. The molecular weight excluding hydrogens is 516 g/mol. The highest BCUT2D eigenvalue weighted by Gasteiger charge is 2.69. The topological polar surface area (TPSA) is 80.7 Å². The van der Waals surface area contributed by atoms with Gasteiger partial charge in [0.2, 0.25) is 0 Å². The molecule has 2 saturated heterocycles. The second-order valence-electron chi connectivity index (χ2n) is 4.89. The minimum atomic E-state index is -0.911. The van der Waals surface area contributed by atoms with E-state index in [0.29, 0.717) is 0 Å². The Balaban J connectivity index is 0.000000399. The predicted molar refractivity (Wildman–Crippen MR) is 94.5 cm³/mol. The van der Waals surface area contributed by atoms with Crippen molar-refractivity contribution in [1.82, 2.24) is 4.90 Å². The van der Waals surface area contributed by atoms with Gasteiger partial charge in [0.05, 0.1) is 12.5 Å². The van der Waals surface area contributed by atoms with E-state index >= 15 is 0 Å². The Kier molecular flexibility index (Phi) is 5.76. The fraction of sp³-hybridized carbons (Fsp3) is 0.800. The summed E-state index contributed by atoms with van der Waals surface area (Å²) >= 11 is 5.17. The second-order valence-corrected chi connectivity index (χ2v) is 13.6. The fourth-order valence-corrected chi connectivity index (χ4v) is 5.40. The summed E-state index contributed by atoms with van der Waals surface area (Å²) in [5.74, 6) is -0.981. The van der Waals surface area contributed by atoms with Gasteiger partial charge in [-0.15, -0.1) is 11.8 Å². The standard InChI is InChI=1S/C8H9I2NO3S.C2H6OS/c1-7(2)3(4(12)13)11-5(14)8(9,10)6(11)15-7;1-4(2)3/h3,6H,1-2H3,(H,12,13);1-2H3/t3-,6+;/m0./s1. The van der Waals surface area contributed by atoms with E-state index in [9.17, 15) is 14.1 Å². The molecule has 2 heterocycles. The number of carbonyl (C=O) groups is 2. The molecule has 2 fully saturated rings. The normalized spacial score (nSPS) is 30.3. The Labute approximate surface area is 147 Å². The molecule has 0 radical (unpaired) electrons. The van der Waals surface area contributed by atoms with E-state index in [-0.39, 0.29) is 11.3 Å². The van der Waals surface area contributed by atoms with Gasteiger partial charge in [0, 0.05) is 4.75 Å². The molecule has 2 aliphatic heterocycles. The Morgan fingerprint density at radius 2 is 1.89 bits per heavy atom. The van der Waals surface area contributed by atoms with Crippen LogP contribution in [0.4, 0.5) is 0 Å². The number of carboxylic acid groups (broad SMARTS) is 1. The van der Waals surface area contributed by atoms with Gasteiger partial charge in [0.1, 0.15) is 11.4 Å². The molecule has 2 atom stereocenters. The number of alkyl halides is 2. The summed E-state index contributed by atoms with van der Waals surface area (Å²) in [6, 6.07) is -0.697. The first-order chi connectivity index (χ1) is 8.43. The van der Waals surface area contributed by atoms with Gasteiger partial charge in [-0.05, 0) is 13.8 Å². The number of carboxylic acids is 1. The number of nitrogens with zero attached hydrogens (tertiary/aromatic N) is 1. The van der Waals surface area contributed by atoms with Crippen molar-refractivity contribution in [2.75, 3.05) is 12.5 Å². The number of fused-ring (bicyclic) bond motifs is 1. The van der Waals surface area contributed by atoms with Crippen molar-refractivity contribution in [1.29, 1.82) is 0 Å². The Morgan fingerprint density at radius 1 is 1.47 bits per heavy atom. The summed E-state index contributed by atoms with van der Waals surface area (Å²) < 4.78 is 8.67. The third-order valence-electron chi connectivity index (χ3n) is 2.67. The lowest BCUT2D eigenvalue weighted by Crippen LogP contribution is -2.67. The molecule has 0 aromatic carbocycles. The van der Waals surface area contributed by atoms with Crippen molar-refractivity contribution < 1.29 is 19.2 Å². The fourth-order valence-electron chi connectivity index (χ4n) is 1.98. The van der Waals surface area contributed by atoms with Crippen molar-refractivity contribution in [3.63, 3.8) is 0 Å². The van der Waals surface area contributed by atoms with E-state index in [1.807, 2.05) is 13.8 Å². The number of β-lactam (4-membered cyclic amide) rings is 1. The first-order valence-corrected chi connectivity index (χ1v) is 10.3. The minimum Gasteiger partial charge on any atom is -0.617 e. The Bertz CT molecular complexity index is 400. The van der Waals surface area contributed by atoms with Crippen LogP contribution in [0.1, 0.15) is 13.8 Å². The molecule has 2 aliphatic rings. The highest BCUT2D eigenvalue weighted by molar-refractivity contribution is 14.2. The van der Waals surface area contributed by atoms with Crippen LogP contribution in [-0.4, -0.2) is 56.5 Å². The summed E-state index contributed by atoms with van der Waals surface area (Å²) in [7, 11) is 0. The molecule has 1 amide bonds. The summed E-state index contributed by atoms with van der Waals surface area (Å²) in [5, 5.41) is 9.14. The van der Waals surface area contributed by atoms with Gasteiger partial charge in [-0.1, -0.05) is 56.4 Å². The van der Waals surface area contributed by atoms with Gasteiger partial charge in [0.25, 0.3) is 5.91 Å². The highest BCUT2D eigenvalue weighted by Crippen LogP contribution is 2.60. The molecule has 0 aromatic heterocycles. The molecule has 0 aliphatic carbocycles. The van der Waals surface area contributed by atoms with Crippen molar-refractivity contribution in [3.05, 3.63) is 0 Å². The molecule has 0 saturated carbocycles. The van der Waals surface area contributed by atoms with Gasteiger partial charge >= 0.3 is 5.97 Å². The maximum atomic E-state index is 11.8. The van der Waals surface area contributed by atoms with Crippen LogP contribution in [-0.2, 0) is 20.8 Å². The summed E-state index contributed by atoms with van der Waals surface area (Å²) in [6.07, 6.45) is 3.28. The SMILES string of the molecule is CC1(C)S[C@H]2N(C(=O)C2(I)I)[C@H]1C(=O)O.C[S+](C)[O-]. The molecular formula is C10H15I2NO4S2. The lowest BCUT2D eigenvalue weighted by Gasteiger charge is -2.46. The van der Waals surface area contributed by atoms with Gasteiger partial charge in [-0.25, -0.2) is 4.79 Å². The van der Waals surface area contributed by atoms with Crippen molar-refractivity contribution in [2.24, 2.45) is 0 Å². The van der Waals surface area contributed by atoms with Gasteiger partial charge < -0.3 is 14.6 Å². The van der Waals surface area contributed by atoms with Gasteiger partial charge in [-0.2, -0.15) is 0 Å². The van der Waals surface area contributed by atoms with Gasteiger partial charge in [-0.3, -0.25) is 4.79 Å². The zero-order chi connectivity index (χ0) is 15.2. The van der Waals surface area contributed by atoms with E-state index in [2.05, 4.69) is 45.2 Å². The number of carbonyl (C=O) groups excluding carboxylic acids is 1. The lowest BCUT2D eigenvalue weighted by molar-refractivity contribution is -0.156. The summed E-state index contributed by atoms with van der Waals surface area (Å²) in [5.41, 5.74) is 0. The maximum Gasteiger partial charge on any atom is 0.327 e. The van der Waals surface area contributed by atoms with Crippen LogP contribution < -0.4 is 0 Å². The van der Waals surface area contributed by atoms with Crippen LogP contribution in [0.5, 0.6) is 0 Å². The third kappa shape index (κ3) is 3.46. The summed E-state index contributed by atoms with van der Waals surface area (Å²) in [4.78, 5) is 24.5. The van der Waals surface area contributed by atoms with Crippen molar-refractivity contribution in [3.8, 4) is 0 Å². The zero-order valence-electron chi connectivity index (χ0n) is 10.8. The number of rotatable bonds is 1. The van der Waals surface area contributed by atoms with E-state index < -0.39 is 29.4 Å². The van der Waals surface area contributed by atoms with Crippen LogP contribution in [0.3, 0.4) is 0 Å². The maximum absolute atomic E-state index is 11.8. The average molecular weight is 531 g/mol. The molecule has 5 nitrogen and oxygen atoms in total. The second kappa shape index (κ2) is 6.05. The molecule has 0 spiro atoms. The van der Waals surface area contributed by atoms with Gasteiger partial charge in [0.15, 0.2) is 1.43 Å². The molecule has 9 heteroatoms. The number of thioether (sulfide) groups is 1. The molecule has 0 aromatic rings. The molecule has 2 rings (SSSR count). The lowest BCUT2D eigenvalue weighted by atomic mass is 9.98. The van der Waals surface area contributed by atoms with E-state index in [4.69, 9.17) is 5.11 Å². The van der Waals surface area contributed by atoms with Crippen LogP contribution >= 0.6 is 56.9 Å². The molecule has 0 unspecified atom stereocenters. The van der Waals surface area contributed by atoms with Crippen LogP contribution in [0, 0.1) is 0 Å². The van der Waals surface area contributed by atoms with E-state index in [0.717, 1.165) is 0 Å². The molecule has 19 heavy (non-hydrogen) atoms. The Morgan fingerprint density at radius 3 is 2.26 bits per heavy atom. The van der Waals surface area contributed by atoms with Crippen molar-refractivity contribution >= 4 is 80.0 Å². The van der Waals surface area contributed by atoms with Crippen LogP contribution in [0.15, 0.2) is 0 Å². The molecule has 110 valence electrons. The number of hydrogen-bond acceptors (Lipinski definition) is 4.